The van der Waals surface area contributed by atoms with Gasteiger partial charge in [-0.05, 0) is 37.5 Å². The molecule has 2 unspecified atom stereocenters. The van der Waals surface area contributed by atoms with Gasteiger partial charge in [0, 0.05) is 32.5 Å². The van der Waals surface area contributed by atoms with Crippen LogP contribution in [-0.2, 0) is 0 Å². The highest BCUT2D eigenvalue weighted by Gasteiger charge is 2.34. The molecule has 21 heavy (non-hydrogen) atoms. The second kappa shape index (κ2) is 8.48. The molecule has 1 aliphatic heterocycles. The molecule has 2 atom stereocenters. The van der Waals surface area contributed by atoms with Crippen LogP contribution in [0.3, 0.4) is 0 Å². The zero-order chi connectivity index (χ0) is 14.6. The van der Waals surface area contributed by atoms with E-state index in [1.807, 2.05) is 0 Å². The summed E-state index contributed by atoms with van der Waals surface area (Å²) in [7, 11) is 0. The molecule has 2 fully saturated rings. The third kappa shape index (κ3) is 6.24. The van der Waals surface area contributed by atoms with Gasteiger partial charge in [0.25, 0.3) is 0 Å². The number of likely N-dealkylation sites (tertiary alicyclic amines) is 1. The Morgan fingerprint density at radius 3 is 2.76 bits per heavy atom. The zero-order valence-electron chi connectivity index (χ0n) is 12.9. The normalized spacial score (nSPS) is 30.4. The van der Waals surface area contributed by atoms with E-state index < -0.39 is 5.92 Å². The minimum Gasteiger partial charge on any atom is -0.370 e. The van der Waals surface area contributed by atoms with E-state index in [0.29, 0.717) is 24.8 Å². The Hall–Kier alpha value is -0.140. The summed E-state index contributed by atoms with van der Waals surface area (Å²) in [6.07, 6.45) is 4.75. The highest BCUT2D eigenvalue weighted by atomic mass is 127. The third-order valence-corrected chi connectivity index (χ3v) is 4.48. The first kappa shape index (κ1) is 18.9. The molecule has 0 aromatic carbocycles. The summed E-state index contributed by atoms with van der Waals surface area (Å²) in [5.41, 5.74) is 6.02. The van der Waals surface area contributed by atoms with Crippen LogP contribution in [0.15, 0.2) is 4.99 Å². The third-order valence-electron chi connectivity index (χ3n) is 4.48. The van der Waals surface area contributed by atoms with Crippen molar-refractivity contribution in [2.24, 2.45) is 22.6 Å². The summed E-state index contributed by atoms with van der Waals surface area (Å²) in [5.74, 6) is -1.34. The van der Waals surface area contributed by atoms with Gasteiger partial charge in [0.15, 0.2) is 5.96 Å². The highest BCUT2D eigenvalue weighted by Crippen LogP contribution is 2.35. The number of halogens is 3. The monoisotopic (exact) mass is 415 g/mol. The van der Waals surface area contributed by atoms with Crippen LogP contribution in [0.25, 0.3) is 0 Å². The van der Waals surface area contributed by atoms with Crippen LogP contribution >= 0.6 is 24.0 Å². The number of nitrogens with zero attached hydrogens (tertiary/aromatic N) is 2. The average Bonchev–Trinajstić information content (AvgIpc) is 2.56. The van der Waals surface area contributed by atoms with Gasteiger partial charge in [-0.2, -0.15) is 0 Å². The molecule has 0 aromatic heterocycles. The summed E-state index contributed by atoms with van der Waals surface area (Å²) in [6.45, 7) is 4.55. The number of hydrogen-bond acceptors (Lipinski definition) is 1. The standard InChI is InChI=1S/C15H27F2N3.HI/c1-12-5-4-8-20(11-12)14(18)19-10-13-6-2-3-7-15(16,17)9-13;/h12-13H,2-11H2,1H3,(H2,18,19);1H. The van der Waals surface area contributed by atoms with Crippen LogP contribution in [0.5, 0.6) is 0 Å². The lowest BCUT2D eigenvalue weighted by Crippen LogP contribution is -2.43. The van der Waals surface area contributed by atoms with E-state index in [4.69, 9.17) is 5.73 Å². The van der Waals surface area contributed by atoms with Gasteiger partial charge in [0.1, 0.15) is 0 Å². The van der Waals surface area contributed by atoms with E-state index in [1.165, 1.54) is 6.42 Å². The fourth-order valence-corrected chi connectivity index (χ4v) is 3.32. The van der Waals surface area contributed by atoms with Gasteiger partial charge in [-0.3, -0.25) is 4.99 Å². The van der Waals surface area contributed by atoms with Gasteiger partial charge in [0.2, 0.25) is 5.92 Å². The van der Waals surface area contributed by atoms with Crippen LogP contribution in [0.4, 0.5) is 8.78 Å². The summed E-state index contributed by atoms with van der Waals surface area (Å²) in [6, 6.07) is 0. The first-order valence-electron chi connectivity index (χ1n) is 7.89. The Bertz CT molecular complexity index is 350. The minimum atomic E-state index is -2.51. The Labute approximate surface area is 143 Å². The van der Waals surface area contributed by atoms with Crippen molar-refractivity contribution < 1.29 is 8.78 Å². The fraction of sp³-hybridized carbons (Fsp3) is 0.933. The van der Waals surface area contributed by atoms with Gasteiger partial charge < -0.3 is 10.6 Å². The summed E-state index contributed by atoms with van der Waals surface area (Å²) >= 11 is 0. The van der Waals surface area contributed by atoms with E-state index in [2.05, 4.69) is 16.8 Å². The maximum Gasteiger partial charge on any atom is 0.248 e. The molecule has 1 heterocycles. The number of hydrogen-bond donors (Lipinski definition) is 1. The second-order valence-corrected chi connectivity index (χ2v) is 6.56. The fourth-order valence-electron chi connectivity index (χ4n) is 3.32. The van der Waals surface area contributed by atoms with E-state index in [-0.39, 0.29) is 42.7 Å². The summed E-state index contributed by atoms with van der Waals surface area (Å²) < 4.78 is 27.1. The molecular formula is C15H28F2IN3. The van der Waals surface area contributed by atoms with Crippen molar-refractivity contribution in [2.45, 2.75) is 57.8 Å². The molecule has 6 heteroatoms. The van der Waals surface area contributed by atoms with Gasteiger partial charge >= 0.3 is 0 Å². The van der Waals surface area contributed by atoms with Gasteiger partial charge in [-0.1, -0.05) is 13.3 Å². The lowest BCUT2D eigenvalue weighted by molar-refractivity contribution is -0.0241. The Balaban J connectivity index is 0.00000220. The average molecular weight is 415 g/mol. The van der Waals surface area contributed by atoms with Crippen molar-refractivity contribution in [2.75, 3.05) is 19.6 Å². The Morgan fingerprint density at radius 1 is 1.29 bits per heavy atom. The topological polar surface area (TPSA) is 41.6 Å². The van der Waals surface area contributed by atoms with Gasteiger partial charge in [-0.15, -0.1) is 24.0 Å². The molecule has 1 saturated heterocycles. The smallest absolute Gasteiger partial charge is 0.248 e. The van der Waals surface area contributed by atoms with Crippen molar-refractivity contribution in [3.05, 3.63) is 0 Å². The van der Waals surface area contributed by atoms with Crippen LogP contribution in [0.2, 0.25) is 0 Å². The molecule has 3 nitrogen and oxygen atoms in total. The molecule has 1 saturated carbocycles. The summed E-state index contributed by atoms with van der Waals surface area (Å²) in [5, 5.41) is 0. The quantitative estimate of drug-likeness (QED) is 0.322. The molecule has 2 N–H and O–H groups in total. The number of nitrogens with two attached hydrogens (primary N) is 1. The van der Waals surface area contributed by atoms with E-state index in [9.17, 15) is 8.78 Å². The number of rotatable bonds is 2. The Morgan fingerprint density at radius 2 is 2.05 bits per heavy atom. The molecule has 0 spiro atoms. The first-order chi connectivity index (χ1) is 9.46. The molecule has 124 valence electrons. The second-order valence-electron chi connectivity index (χ2n) is 6.56. The molecule has 0 bridgehead atoms. The molecule has 0 aromatic rings. The predicted octanol–water partition coefficient (Wildman–Crippen LogP) is 3.87. The van der Waals surface area contributed by atoms with Gasteiger partial charge in [0.05, 0.1) is 0 Å². The van der Waals surface area contributed by atoms with Crippen molar-refractivity contribution in [1.82, 2.24) is 4.90 Å². The lowest BCUT2D eigenvalue weighted by Gasteiger charge is -2.32. The van der Waals surface area contributed by atoms with Crippen LogP contribution in [0, 0.1) is 11.8 Å². The van der Waals surface area contributed by atoms with Crippen molar-refractivity contribution in [1.29, 1.82) is 0 Å². The lowest BCUT2D eigenvalue weighted by atomic mass is 9.99. The largest absolute Gasteiger partial charge is 0.370 e. The van der Waals surface area contributed by atoms with Gasteiger partial charge in [-0.25, -0.2) is 8.78 Å². The number of piperidine rings is 1. The predicted molar refractivity (Wildman–Crippen MR) is 93.4 cm³/mol. The maximum atomic E-state index is 13.6. The number of aliphatic imine (C=N–C) groups is 1. The highest BCUT2D eigenvalue weighted by molar-refractivity contribution is 14.0. The van der Waals surface area contributed by atoms with Crippen LogP contribution < -0.4 is 5.73 Å². The SMILES string of the molecule is CC1CCCN(C(N)=NCC2CCCCC(F)(F)C2)C1.I. The van der Waals surface area contributed by atoms with Crippen LogP contribution in [-0.4, -0.2) is 36.4 Å². The molecule has 1 aliphatic carbocycles. The molecule has 2 aliphatic rings. The van der Waals surface area contributed by atoms with Crippen molar-refractivity contribution in [3.8, 4) is 0 Å². The molecule has 2 rings (SSSR count). The zero-order valence-corrected chi connectivity index (χ0v) is 15.2. The Kier molecular flexibility index (Phi) is 7.64. The number of guanidine groups is 1. The number of alkyl halides is 2. The van der Waals surface area contributed by atoms with E-state index in [1.54, 1.807) is 0 Å². The van der Waals surface area contributed by atoms with Crippen LogP contribution in [0.1, 0.15) is 51.9 Å². The maximum absolute atomic E-state index is 13.6. The van der Waals surface area contributed by atoms with Crippen molar-refractivity contribution >= 4 is 29.9 Å². The minimum absolute atomic E-state index is 0. The van der Waals surface area contributed by atoms with Crippen molar-refractivity contribution in [3.63, 3.8) is 0 Å². The molecular weight excluding hydrogens is 387 g/mol. The summed E-state index contributed by atoms with van der Waals surface area (Å²) in [4.78, 5) is 6.50. The molecule has 0 radical (unpaired) electrons. The van der Waals surface area contributed by atoms with E-state index in [0.717, 1.165) is 32.4 Å². The molecule has 0 amide bonds. The van der Waals surface area contributed by atoms with E-state index >= 15 is 0 Å². The first-order valence-corrected chi connectivity index (χ1v) is 7.89.